The lowest BCUT2D eigenvalue weighted by Crippen LogP contribution is -2.24. The molecule has 9 nitrogen and oxygen atoms in total. The number of aromatic nitrogens is 2. The summed E-state index contributed by atoms with van der Waals surface area (Å²) >= 11 is 0. The van der Waals surface area contributed by atoms with E-state index in [0.29, 0.717) is 22.9 Å². The standard InChI is InChI=1S/C26H33N9/c1-16(2)18(13-27)11-23(28)34-24-7-6-21-22(33-24)10-19(14-32-21)20(15-30-3)26(29)17-8-9-31-25(12-17)35(4)5/h6-16,27,30-31H,29H2,1-5H3,(H2,28,33,34)/b18-11?,20-15-,26-17?,27-13?. The van der Waals surface area contributed by atoms with E-state index in [0.717, 1.165) is 33.6 Å². The molecule has 1 aliphatic heterocycles. The smallest absolute Gasteiger partial charge is 0.155 e. The number of allylic oxidation sites excluding steroid dienone is 5. The van der Waals surface area contributed by atoms with Gasteiger partial charge in [0, 0.05) is 68.4 Å². The fraction of sp³-hybridized carbons (Fsp3) is 0.231. The molecule has 35 heavy (non-hydrogen) atoms. The third-order valence-electron chi connectivity index (χ3n) is 5.38. The van der Waals surface area contributed by atoms with Crippen molar-refractivity contribution < 1.29 is 0 Å². The van der Waals surface area contributed by atoms with Crippen LogP contribution in [0.25, 0.3) is 16.6 Å². The number of nitrogens with one attached hydrogen (secondary N) is 3. The minimum Gasteiger partial charge on any atom is -0.398 e. The van der Waals surface area contributed by atoms with Gasteiger partial charge in [-0.15, -0.1) is 0 Å². The van der Waals surface area contributed by atoms with Crippen molar-refractivity contribution in [2.24, 2.45) is 22.4 Å². The number of pyridine rings is 2. The molecule has 0 aromatic carbocycles. The molecule has 3 heterocycles. The van der Waals surface area contributed by atoms with Gasteiger partial charge in [-0.25, -0.2) is 9.98 Å². The molecular formula is C26H33N9. The molecule has 0 unspecified atom stereocenters. The summed E-state index contributed by atoms with van der Waals surface area (Å²) in [6.45, 7) is 4.00. The first-order chi connectivity index (χ1) is 16.7. The van der Waals surface area contributed by atoms with Gasteiger partial charge in [-0.3, -0.25) is 4.98 Å². The summed E-state index contributed by atoms with van der Waals surface area (Å²) in [6.07, 6.45) is 12.4. The maximum Gasteiger partial charge on any atom is 0.155 e. The number of aliphatic imine (C=N–C) groups is 1. The fourth-order valence-electron chi connectivity index (χ4n) is 3.41. The van der Waals surface area contributed by atoms with Crippen molar-refractivity contribution in [1.82, 2.24) is 25.5 Å². The van der Waals surface area contributed by atoms with Crippen LogP contribution in [0.3, 0.4) is 0 Å². The van der Waals surface area contributed by atoms with E-state index < -0.39 is 0 Å². The van der Waals surface area contributed by atoms with Gasteiger partial charge in [-0.05, 0) is 47.9 Å². The first-order valence-electron chi connectivity index (χ1n) is 11.3. The monoisotopic (exact) mass is 471 g/mol. The summed E-state index contributed by atoms with van der Waals surface area (Å²) in [5.41, 5.74) is 18.0. The van der Waals surface area contributed by atoms with Crippen molar-refractivity contribution in [1.29, 1.82) is 5.41 Å². The van der Waals surface area contributed by atoms with E-state index in [2.05, 4.69) is 25.6 Å². The van der Waals surface area contributed by atoms with Crippen molar-refractivity contribution in [3.05, 3.63) is 83.3 Å². The zero-order chi connectivity index (χ0) is 25.5. The molecule has 0 fully saturated rings. The highest BCUT2D eigenvalue weighted by molar-refractivity contribution is 5.98. The van der Waals surface area contributed by atoms with Gasteiger partial charge in [-0.2, -0.15) is 0 Å². The molecular weight excluding hydrogens is 438 g/mol. The van der Waals surface area contributed by atoms with Crippen LogP contribution < -0.4 is 22.1 Å². The molecule has 0 saturated carbocycles. The van der Waals surface area contributed by atoms with Gasteiger partial charge in [0.2, 0.25) is 0 Å². The van der Waals surface area contributed by atoms with E-state index >= 15 is 0 Å². The SMILES string of the molecule is CN/C=C(\C(N)=C1C=CNC(N(C)C)=C1)c1cnc2ccc(N=C(N)C=C(C=N)C(C)C)nc2c1. The maximum atomic E-state index is 7.54. The summed E-state index contributed by atoms with van der Waals surface area (Å²) in [6, 6.07) is 5.55. The number of dihydropyridines is 1. The van der Waals surface area contributed by atoms with E-state index in [9.17, 15) is 0 Å². The molecule has 0 spiro atoms. The maximum absolute atomic E-state index is 7.54. The van der Waals surface area contributed by atoms with Crippen LogP contribution in [-0.4, -0.2) is 48.1 Å². The highest BCUT2D eigenvalue weighted by Crippen LogP contribution is 2.26. The van der Waals surface area contributed by atoms with Crippen LogP contribution in [-0.2, 0) is 0 Å². The summed E-state index contributed by atoms with van der Waals surface area (Å²) in [7, 11) is 5.76. The van der Waals surface area contributed by atoms with Crippen molar-refractivity contribution in [2.45, 2.75) is 13.8 Å². The predicted molar refractivity (Wildman–Crippen MR) is 145 cm³/mol. The van der Waals surface area contributed by atoms with Gasteiger partial charge >= 0.3 is 0 Å². The van der Waals surface area contributed by atoms with Crippen LogP contribution in [0.1, 0.15) is 19.4 Å². The lowest BCUT2D eigenvalue weighted by molar-refractivity contribution is 0.480. The number of nitrogens with two attached hydrogens (primary N) is 2. The van der Waals surface area contributed by atoms with Gasteiger partial charge in [0.05, 0.1) is 11.0 Å². The van der Waals surface area contributed by atoms with Crippen molar-refractivity contribution in [2.75, 3.05) is 21.1 Å². The van der Waals surface area contributed by atoms with Gasteiger partial charge < -0.3 is 32.4 Å². The van der Waals surface area contributed by atoms with E-state index in [4.69, 9.17) is 16.9 Å². The lowest BCUT2D eigenvalue weighted by atomic mass is 10.00. The second-order valence-corrected chi connectivity index (χ2v) is 8.53. The summed E-state index contributed by atoms with van der Waals surface area (Å²) in [5.74, 6) is 1.86. The molecule has 9 heteroatoms. The third kappa shape index (κ3) is 6.14. The second kappa shape index (κ2) is 11.1. The normalized spacial score (nSPS) is 16.2. The second-order valence-electron chi connectivity index (χ2n) is 8.53. The van der Waals surface area contributed by atoms with Crippen LogP contribution in [0, 0.1) is 11.3 Å². The minimum atomic E-state index is 0.174. The number of nitrogens with zero attached hydrogens (tertiary/aromatic N) is 4. The van der Waals surface area contributed by atoms with E-state index in [-0.39, 0.29) is 5.92 Å². The topological polar surface area (TPSA) is 141 Å². The van der Waals surface area contributed by atoms with Crippen LogP contribution in [0.2, 0.25) is 0 Å². The van der Waals surface area contributed by atoms with Crippen molar-refractivity contribution >= 4 is 34.5 Å². The Morgan fingerprint density at radius 2 is 2.00 bits per heavy atom. The zero-order valence-electron chi connectivity index (χ0n) is 20.8. The summed E-state index contributed by atoms with van der Waals surface area (Å²) in [4.78, 5) is 15.6. The molecule has 2 aromatic heterocycles. The number of rotatable bonds is 8. The van der Waals surface area contributed by atoms with Crippen LogP contribution in [0.4, 0.5) is 5.82 Å². The summed E-state index contributed by atoms with van der Waals surface area (Å²) < 4.78 is 0. The average Bonchev–Trinajstić information content (AvgIpc) is 2.84. The minimum absolute atomic E-state index is 0.174. The molecule has 1 aliphatic rings. The number of amidine groups is 1. The average molecular weight is 472 g/mol. The van der Waals surface area contributed by atoms with Crippen LogP contribution in [0.15, 0.2) is 82.7 Å². The van der Waals surface area contributed by atoms with Gasteiger partial charge in [0.25, 0.3) is 0 Å². The highest BCUT2D eigenvalue weighted by atomic mass is 15.2. The zero-order valence-corrected chi connectivity index (χ0v) is 20.8. The molecule has 0 amide bonds. The first kappa shape index (κ1) is 25.2. The molecule has 0 bridgehead atoms. The Bertz CT molecular complexity index is 1290. The van der Waals surface area contributed by atoms with E-state index in [1.807, 2.05) is 76.6 Å². The molecule has 0 saturated heterocycles. The Balaban J connectivity index is 2.04. The highest BCUT2D eigenvalue weighted by Gasteiger charge is 2.13. The van der Waals surface area contributed by atoms with Gasteiger partial charge in [-0.1, -0.05) is 13.8 Å². The lowest BCUT2D eigenvalue weighted by Gasteiger charge is -2.21. The van der Waals surface area contributed by atoms with Crippen LogP contribution >= 0.6 is 0 Å². The molecule has 7 N–H and O–H groups in total. The Labute approximate surface area is 206 Å². The third-order valence-corrected chi connectivity index (χ3v) is 5.38. The molecule has 182 valence electrons. The predicted octanol–water partition coefficient (Wildman–Crippen LogP) is 3.14. The summed E-state index contributed by atoms with van der Waals surface area (Å²) in [5, 5.41) is 13.8. The molecule has 0 atom stereocenters. The molecule has 0 aliphatic carbocycles. The van der Waals surface area contributed by atoms with E-state index in [1.54, 1.807) is 18.3 Å². The first-order valence-corrected chi connectivity index (χ1v) is 11.3. The fourth-order valence-corrected chi connectivity index (χ4v) is 3.41. The number of hydrogen-bond acceptors (Lipinski definition) is 8. The van der Waals surface area contributed by atoms with Crippen LogP contribution in [0.5, 0.6) is 0 Å². The quantitative estimate of drug-likeness (QED) is 0.294. The van der Waals surface area contributed by atoms with E-state index in [1.165, 1.54) is 6.21 Å². The molecule has 0 radical (unpaired) electrons. The Kier molecular flexibility index (Phi) is 8.04. The number of fused-ring (bicyclic) bond motifs is 1. The molecule has 2 aromatic rings. The largest absolute Gasteiger partial charge is 0.398 e. The van der Waals surface area contributed by atoms with Gasteiger partial charge in [0.15, 0.2) is 5.82 Å². The molecule has 3 rings (SSSR count). The van der Waals surface area contributed by atoms with Crippen molar-refractivity contribution in [3.63, 3.8) is 0 Å². The Hall–Kier alpha value is -4.40. The van der Waals surface area contributed by atoms with Gasteiger partial charge in [0.1, 0.15) is 11.7 Å². The van der Waals surface area contributed by atoms with Crippen molar-refractivity contribution in [3.8, 4) is 0 Å². The Morgan fingerprint density at radius 1 is 1.23 bits per heavy atom. The number of hydrogen-bond donors (Lipinski definition) is 5. The Morgan fingerprint density at radius 3 is 2.66 bits per heavy atom.